The van der Waals surface area contributed by atoms with Gasteiger partial charge in [-0.1, -0.05) is 91.2 Å². The molecule has 0 spiro atoms. The number of aromatic hydroxyl groups is 1. The third-order valence-electron chi connectivity index (χ3n) is 5.35. The van der Waals surface area contributed by atoms with E-state index >= 15 is 0 Å². The monoisotopic (exact) mass is 390 g/mol. The second-order valence-corrected chi connectivity index (χ2v) is 9.10. The minimum atomic E-state index is -0.169. The number of esters is 1. The molecule has 160 valence electrons. The van der Waals surface area contributed by atoms with Gasteiger partial charge < -0.3 is 9.84 Å². The van der Waals surface area contributed by atoms with Gasteiger partial charge in [-0.15, -0.1) is 0 Å². The van der Waals surface area contributed by atoms with Crippen LogP contribution in [0.3, 0.4) is 0 Å². The van der Waals surface area contributed by atoms with Gasteiger partial charge in [0.15, 0.2) is 0 Å². The Bertz CT molecular complexity index is 584. The first-order valence-electron chi connectivity index (χ1n) is 11.2. The van der Waals surface area contributed by atoms with Crippen molar-refractivity contribution in [1.29, 1.82) is 0 Å². The average Bonchev–Trinajstić information content (AvgIpc) is 2.63. The Labute approximate surface area is 172 Å². The molecule has 0 atom stereocenters. The van der Waals surface area contributed by atoms with Gasteiger partial charge in [-0.05, 0) is 41.9 Å². The zero-order valence-electron chi connectivity index (χ0n) is 18.9. The van der Waals surface area contributed by atoms with Crippen LogP contribution in [0.4, 0.5) is 0 Å². The van der Waals surface area contributed by atoms with Crippen molar-refractivity contribution >= 4 is 5.97 Å². The van der Waals surface area contributed by atoms with E-state index in [4.69, 9.17) is 4.74 Å². The van der Waals surface area contributed by atoms with Crippen LogP contribution >= 0.6 is 0 Å². The number of carbonyl (C=O) groups is 1. The number of hydrogen-bond acceptors (Lipinski definition) is 3. The number of ether oxygens (including phenoxy) is 1. The molecule has 0 amide bonds. The maximum atomic E-state index is 12.0. The lowest BCUT2D eigenvalue weighted by molar-refractivity contribution is -0.143. The quantitative estimate of drug-likeness (QED) is 0.291. The van der Waals surface area contributed by atoms with Crippen molar-refractivity contribution in [3.8, 4) is 5.75 Å². The van der Waals surface area contributed by atoms with Crippen molar-refractivity contribution in [2.24, 2.45) is 0 Å². The molecule has 1 aromatic carbocycles. The molecule has 0 aliphatic rings. The van der Waals surface area contributed by atoms with Gasteiger partial charge in [0, 0.05) is 6.42 Å². The van der Waals surface area contributed by atoms with Gasteiger partial charge in [0.05, 0.1) is 6.61 Å². The number of phenolic OH excluding ortho intramolecular Hbond substituents is 1. The molecule has 3 heteroatoms. The molecule has 0 aromatic heterocycles. The number of benzene rings is 1. The molecule has 0 aliphatic heterocycles. The van der Waals surface area contributed by atoms with Crippen LogP contribution in [0.2, 0.25) is 0 Å². The van der Waals surface area contributed by atoms with Crippen LogP contribution in [0.25, 0.3) is 0 Å². The van der Waals surface area contributed by atoms with Crippen LogP contribution in [0.5, 0.6) is 5.75 Å². The zero-order valence-corrected chi connectivity index (χ0v) is 18.9. The van der Waals surface area contributed by atoms with E-state index in [1.54, 1.807) is 0 Å². The molecule has 0 fully saturated rings. The molecule has 0 aliphatic carbocycles. The van der Waals surface area contributed by atoms with E-state index in [1.807, 2.05) is 19.1 Å². The predicted octanol–water partition coefficient (Wildman–Crippen LogP) is 7.00. The first kappa shape index (κ1) is 24.5. The molecular weight excluding hydrogens is 348 g/mol. The molecule has 1 N–H and O–H groups in total. The summed E-state index contributed by atoms with van der Waals surface area (Å²) in [5.41, 5.74) is 2.90. The van der Waals surface area contributed by atoms with Crippen LogP contribution < -0.4 is 0 Å². The summed E-state index contributed by atoms with van der Waals surface area (Å²) in [5, 5.41) is 10.3. The van der Waals surface area contributed by atoms with Crippen molar-refractivity contribution in [2.75, 3.05) is 6.61 Å². The summed E-state index contributed by atoms with van der Waals surface area (Å²) in [6.07, 6.45) is 12.1. The van der Waals surface area contributed by atoms with Gasteiger partial charge in [-0.3, -0.25) is 4.79 Å². The molecule has 1 rings (SSSR count). The van der Waals surface area contributed by atoms with Crippen molar-refractivity contribution in [3.63, 3.8) is 0 Å². The molecule has 1 aromatic rings. The lowest BCUT2D eigenvalue weighted by Crippen LogP contribution is -2.12. The normalized spacial score (nSPS) is 11.6. The Morgan fingerprint density at radius 1 is 0.964 bits per heavy atom. The molecule has 28 heavy (non-hydrogen) atoms. The first-order valence-corrected chi connectivity index (χ1v) is 11.2. The zero-order chi connectivity index (χ0) is 21.0. The standard InChI is InChI=1S/C25H42O3/c1-6-7-8-9-10-11-12-13-14-17-28-23(26)16-15-21-19-22(25(3,4)5)18-20(2)24(21)27/h18-19,27H,6-17H2,1-5H3. The summed E-state index contributed by atoms with van der Waals surface area (Å²) in [5.74, 6) is 0.137. The number of rotatable bonds is 13. The van der Waals surface area contributed by atoms with Crippen LogP contribution in [-0.2, 0) is 21.4 Å². The highest BCUT2D eigenvalue weighted by atomic mass is 16.5. The predicted molar refractivity (Wildman–Crippen MR) is 118 cm³/mol. The highest BCUT2D eigenvalue weighted by Gasteiger charge is 2.18. The molecule has 0 saturated heterocycles. The van der Waals surface area contributed by atoms with E-state index in [0.29, 0.717) is 25.2 Å². The smallest absolute Gasteiger partial charge is 0.306 e. The van der Waals surface area contributed by atoms with Crippen LogP contribution in [0.1, 0.15) is 109 Å². The average molecular weight is 391 g/mol. The molecular formula is C25H42O3. The summed E-state index contributed by atoms with van der Waals surface area (Å²) in [6, 6.07) is 4.05. The fraction of sp³-hybridized carbons (Fsp3) is 0.720. The Kier molecular flexibility index (Phi) is 11.3. The Hall–Kier alpha value is -1.51. The highest BCUT2D eigenvalue weighted by molar-refractivity contribution is 5.70. The molecule has 0 saturated carbocycles. The van der Waals surface area contributed by atoms with E-state index in [2.05, 4.69) is 27.7 Å². The number of carbonyl (C=O) groups excluding carboxylic acids is 1. The number of unbranched alkanes of at least 4 members (excludes halogenated alkanes) is 8. The molecule has 0 heterocycles. The summed E-state index contributed by atoms with van der Waals surface area (Å²) in [6.45, 7) is 11.1. The van der Waals surface area contributed by atoms with Crippen molar-refractivity contribution in [3.05, 3.63) is 28.8 Å². The minimum Gasteiger partial charge on any atom is -0.507 e. The van der Waals surface area contributed by atoms with E-state index in [0.717, 1.165) is 24.0 Å². The van der Waals surface area contributed by atoms with Crippen molar-refractivity contribution in [2.45, 2.75) is 111 Å². The van der Waals surface area contributed by atoms with Crippen LogP contribution in [0, 0.1) is 6.92 Å². The van der Waals surface area contributed by atoms with Gasteiger partial charge in [0.1, 0.15) is 5.75 Å². The van der Waals surface area contributed by atoms with Gasteiger partial charge in [0.2, 0.25) is 0 Å². The summed E-state index contributed by atoms with van der Waals surface area (Å²) in [7, 11) is 0. The van der Waals surface area contributed by atoms with Gasteiger partial charge in [-0.25, -0.2) is 0 Å². The molecule has 0 radical (unpaired) electrons. The van der Waals surface area contributed by atoms with E-state index in [1.165, 1.54) is 50.5 Å². The van der Waals surface area contributed by atoms with Gasteiger partial charge in [0.25, 0.3) is 0 Å². The second-order valence-electron chi connectivity index (χ2n) is 9.10. The number of aryl methyl sites for hydroxylation is 2. The maximum absolute atomic E-state index is 12.0. The molecule has 0 bridgehead atoms. The Morgan fingerprint density at radius 3 is 2.11 bits per heavy atom. The third kappa shape index (κ3) is 9.61. The van der Waals surface area contributed by atoms with Gasteiger partial charge >= 0.3 is 5.97 Å². The van der Waals surface area contributed by atoms with Gasteiger partial charge in [-0.2, -0.15) is 0 Å². The van der Waals surface area contributed by atoms with E-state index in [-0.39, 0.29) is 11.4 Å². The second kappa shape index (κ2) is 12.9. The first-order chi connectivity index (χ1) is 13.3. The SMILES string of the molecule is CCCCCCCCCCCOC(=O)CCc1cc(C(C)(C)C)cc(C)c1O. The number of hydrogen-bond donors (Lipinski definition) is 1. The van der Waals surface area contributed by atoms with Crippen molar-refractivity contribution in [1.82, 2.24) is 0 Å². The Balaban J connectivity index is 2.24. The topological polar surface area (TPSA) is 46.5 Å². The lowest BCUT2D eigenvalue weighted by Gasteiger charge is -2.21. The van der Waals surface area contributed by atoms with Crippen molar-refractivity contribution < 1.29 is 14.6 Å². The molecule has 3 nitrogen and oxygen atoms in total. The maximum Gasteiger partial charge on any atom is 0.306 e. The van der Waals surface area contributed by atoms with Crippen LogP contribution in [-0.4, -0.2) is 17.7 Å². The number of phenols is 1. The lowest BCUT2D eigenvalue weighted by atomic mass is 9.84. The summed E-state index contributed by atoms with van der Waals surface area (Å²) >= 11 is 0. The summed E-state index contributed by atoms with van der Waals surface area (Å²) in [4.78, 5) is 12.0. The van der Waals surface area contributed by atoms with Crippen LogP contribution in [0.15, 0.2) is 12.1 Å². The van der Waals surface area contributed by atoms with E-state index in [9.17, 15) is 9.90 Å². The largest absolute Gasteiger partial charge is 0.507 e. The fourth-order valence-corrected chi connectivity index (χ4v) is 3.38. The summed E-state index contributed by atoms with van der Waals surface area (Å²) < 4.78 is 5.37. The Morgan fingerprint density at radius 2 is 1.54 bits per heavy atom. The highest BCUT2D eigenvalue weighted by Crippen LogP contribution is 2.31. The third-order valence-corrected chi connectivity index (χ3v) is 5.35. The minimum absolute atomic E-state index is 0.0176. The molecule has 0 unspecified atom stereocenters. The van der Waals surface area contributed by atoms with E-state index < -0.39 is 0 Å². The fourth-order valence-electron chi connectivity index (χ4n) is 3.38.